The first kappa shape index (κ1) is 13.0. The molecule has 0 bridgehead atoms. The molecule has 0 radical (unpaired) electrons. The summed E-state index contributed by atoms with van der Waals surface area (Å²) in [5.41, 5.74) is 2.88. The molecule has 2 nitrogen and oxygen atoms in total. The molecule has 1 saturated carbocycles. The highest BCUT2D eigenvalue weighted by atomic mass is 16.3. The summed E-state index contributed by atoms with van der Waals surface area (Å²) in [6, 6.07) is 9.54. The molecule has 0 saturated heterocycles. The fourth-order valence-electron chi connectivity index (χ4n) is 3.88. The van der Waals surface area contributed by atoms with Crippen LogP contribution in [-0.2, 0) is 0 Å². The smallest absolute Gasteiger partial charge is 0.0518 e. The minimum absolute atomic E-state index is 0.204. The Hall–Kier alpha value is -1.02. The topological polar surface area (TPSA) is 23.5 Å². The van der Waals surface area contributed by atoms with Crippen LogP contribution in [-0.4, -0.2) is 23.8 Å². The monoisotopic (exact) mass is 259 g/mol. The van der Waals surface area contributed by atoms with E-state index in [2.05, 4.69) is 29.2 Å². The van der Waals surface area contributed by atoms with Gasteiger partial charge in [-0.1, -0.05) is 37.5 Å². The zero-order chi connectivity index (χ0) is 13.2. The van der Waals surface area contributed by atoms with E-state index in [0.29, 0.717) is 5.92 Å². The lowest BCUT2D eigenvalue weighted by Crippen LogP contribution is -2.36. The predicted molar refractivity (Wildman–Crippen MR) is 79.7 cm³/mol. The number of benzene rings is 1. The van der Waals surface area contributed by atoms with Crippen LogP contribution in [0.1, 0.15) is 56.9 Å². The van der Waals surface area contributed by atoms with Gasteiger partial charge in [-0.05, 0) is 37.8 Å². The third-order valence-electron chi connectivity index (χ3n) is 4.74. The maximum Gasteiger partial charge on any atom is 0.0518 e. The Kier molecular flexibility index (Phi) is 3.79. The standard InChI is InChI=1S/C17H25NO/c1-13(19)11-14-12-18(15-7-3-2-4-8-15)17-10-6-5-9-16(14)17/h5-6,9-10,13-15,19H,2-4,7-8,11-12H2,1H3. The van der Waals surface area contributed by atoms with Gasteiger partial charge in [-0.3, -0.25) is 0 Å². The maximum atomic E-state index is 9.72. The number of hydrogen-bond donors (Lipinski definition) is 1. The Morgan fingerprint density at radius 3 is 2.68 bits per heavy atom. The second-order valence-corrected chi connectivity index (χ2v) is 6.28. The summed E-state index contributed by atoms with van der Waals surface area (Å²) in [5, 5.41) is 9.72. The first-order valence-electron chi connectivity index (χ1n) is 7.79. The van der Waals surface area contributed by atoms with Gasteiger partial charge in [-0.25, -0.2) is 0 Å². The molecule has 2 aliphatic rings. The number of anilines is 1. The molecule has 1 aliphatic carbocycles. The molecule has 0 amide bonds. The average molecular weight is 259 g/mol. The Balaban J connectivity index is 1.83. The zero-order valence-corrected chi connectivity index (χ0v) is 11.9. The van der Waals surface area contributed by atoms with Crippen molar-refractivity contribution in [2.24, 2.45) is 0 Å². The summed E-state index contributed by atoms with van der Waals surface area (Å²) in [4.78, 5) is 2.63. The van der Waals surface area contributed by atoms with Crippen LogP contribution < -0.4 is 4.90 Å². The van der Waals surface area contributed by atoms with E-state index in [1.807, 2.05) is 6.92 Å². The average Bonchev–Trinajstić information content (AvgIpc) is 2.78. The van der Waals surface area contributed by atoms with Crippen molar-refractivity contribution in [3.05, 3.63) is 29.8 Å². The third kappa shape index (κ3) is 2.64. The molecule has 0 aromatic heterocycles. The van der Waals surface area contributed by atoms with Gasteiger partial charge in [0.1, 0.15) is 0 Å². The summed E-state index contributed by atoms with van der Waals surface area (Å²) in [6.45, 7) is 3.01. The second kappa shape index (κ2) is 5.54. The molecular weight excluding hydrogens is 234 g/mol. The zero-order valence-electron chi connectivity index (χ0n) is 11.9. The first-order valence-corrected chi connectivity index (χ1v) is 7.79. The minimum atomic E-state index is -0.204. The van der Waals surface area contributed by atoms with Crippen LogP contribution in [0.4, 0.5) is 5.69 Å². The highest BCUT2D eigenvalue weighted by molar-refractivity contribution is 5.61. The van der Waals surface area contributed by atoms with Gasteiger partial charge in [-0.15, -0.1) is 0 Å². The Bertz CT molecular complexity index is 423. The highest BCUT2D eigenvalue weighted by Crippen LogP contribution is 2.41. The number of nitrogens with zero attached hydrogens (tertiary/aromatic N) is 1. The normalized spacial score (nSPS) is 25.4. The molecule has 1 aliphatic heterocycles. The Labute approximate surface area is 116 Å². The molecular formula is C17H25NO. The first-order chi connectivity index (χ1) is 9.25. The number of hydrogen-bond acceptors (Lipinski definition) is 2. The van der Waals surface area contributed by atoms with Crippen molar-refractivity contribution < 1.29 is 5.11 Å². The lowest BCUT2D eigenvalue weighted by Gasteiger charge is -2.33. The van der Waals surface area contributed by atoms with Crippen LogP contribution in [0, 0.1) is 0 Å². The largest absolute Gasteiger partial charge is 0.393 e. The van der Waals surface area contributed by atoms with Crippen molar-refractivity contribution in [1.29, 1.82) is 0 Å². The van der Waals surface area contributed by atoms with Gasteiger partial charge >= 0.3 is 0 Å². The van der Waals surface area contributed by atoms with E-state index in [-0.39, 0.29) is 6.10 Å². The molecule has 3 rings (SSSR count). The molecule has 104 valence electrons. The molecule has 1 aromatic carbocycles. The molecule has 2 heteroatoms. The van der Waals surface area contributed by atoms with Crippen LogP contribution in [0.3, 0.4) is 0 Å². The SMILES string of the molecule is CC(O)CC1CN(C2CCCCC2)c2ccccc21. The van der Waals surface area contributed by atoms with Crippen LogP contribution in [0.2, 0.25) is 0 Å². The number of aliphatic hydroxyl groups excluding tert-OH is 1. The second-order valence-electron chi connectivity index (χ2n) is 6.28. The molecule has 19 heavy (non-hydrogen) atoms. The number of para-hydroxylation sites is 1. The van der Waals surface area contributed by atoms with Gasteiger partial charge < -0.3 is 10.0 Å². The molecule has 2 atom stereocenters. The van der Waals surface area contributed by atoms with Crippen molar-refractivity contribution in [2.45, 2.75) is 63.5 Å². The van der Waals surface area contributed by atoms with Crippen molar-refractivity contribution >= 4 is 5.69 Å². The minimum Gasteiger partial charge on any atom is -0.393 e. The third-order valence-corrected chi connectivity index (χ3v) is 4.74. The van der Waals surface area contributed by atoms with Crippen molar-refractivity contribution in [2.75, 3.05) is 11.4 Å². The van der Waals surface area contributed by atoms with E-state index >= 15 is 0 Å². The van der Waals surface area contributed by atoms with E-state index in [9.17, 15) is 5.11 Å². The van der Waals surface area contributed by atoms with Crippen LogP contribution >= 0.6 is 0 Å². The molecule has 1 N–H and O–H groups in total. The molecule has 1 fully saturated rings. The Morgan fingerprint density at radius 1 is 1.21 bits per heavy atom. The van der Waals surface area contributed by atoms with Gasteiger partial charge in [0.2, 0.25) is 0 Å². The van der Waals surface area contributed by atoms with Gasteiger partial charge in [0.15, 0.2) is 0 Å². The van der Waals surface area contributed by atoms with E-state index in [4.69, 9.17) is 0 Å². The fourth-order valence-corrected chi connectivity index (χ4v) is 3.88. The highest BCUT2D eigenvalue weighted by Gasteiger charge is 2.33. The lowest BCUT2D eigenvalue weighted by atomic mass is 9.94. The molecule has 2 unspecified atom stereocenters. The van der Waals surface area contributed by atoms with E-state index in [1.165, 1.54) is 43.4 Å². The molecule has 1 aromatic rings. The van der Waals surface area contributed by atoms with Crippen molar-refractivity contribution in [1.82, 2.24) is 0 Å². The van der Waals surface area contributed by atoms with Gasteiger partial charge in [-0.2, -0.15) is 0 Å². The number of rotatable bonds is 3. The summed E-state index contributed by atoms with van der Waals surface area (Å²) >= 11 is 0. The molecule has 1 heterocycles. The fraction of sp³-hybridized carbons (Fsp3) is 0.647. The number of fused-ring (bicyclic) bond motifs is 1. The van der Waals surface area contributed by atoms with Crippen LogP contribution in [0.5, 0.6) is 0 Å². The quantitative estimate of drug-likeness (QED) is 0.895. The summed E-state index contributed by atoms with van der Waals surface area (Å²) in [5.74, 6) is 0.512. The Morgan fingerprint density at radius 2 is 1.95 bits per heavy atom. The summed E-state index contributed by atoms with van der Waals surface area (Å²) in [6.07, 6.45) is 7.54. The van der Waals surface area contributed by atoms with E-state index in [1.54, 1.807) is 0 Å². The van der Waals surface area contributed by atoms with Gasteiger partial charge in [0, 0.05) is 24.2 Å². The van der Waals surface area contributed by atoms with Gasteiger partial charge in [0.05, 0.1) is 6.10 Å². The van der Waals surface area contributed by atoms with Crippen LogP contribution in [0.15, 0.2) is 24.3 Å². The summed E-state index contributed by atoms with van der Waals surface area (Å²) in [7, 11) is 0. The predicted octanol–water partition coefficient (Wildman–Crippen LogP) is 3.69. The maximum absolute atomic E-state index is 9.72. The van der Waals surface area contributed by atoms with Crippen molar-refractivity contribution in [3.63, 3.8) is 0 Å². The number of aliphatic hydroxyl groups is 1. The summed E-state index contributed by atoms with van der Waals surface area (Å²) < 4.78 is 0. The van der Waals surface area contributed by atoms with Crippen LogP contribution in [0.25, 0.3) is 0 Å². The van der Waals surface area contributed by atoms with Crippen molar-refractivity contribution in [3.8, 4) is 0 Å². The van der Waals surface area contributed by atoms with Gasteiger partial charge in [0.25, 0.3) is 0 Å². The molecule has 0 spiro atoms. The van der Waals surface area contributed by atoms with E-state index in [0.717, 1.165) is 19.0 Å². The lowest BCUT2D eigenvalue weighted by molar-refractivity contribution is 0.175. The van der Waals surface area contributed by atoms with E-state index < -0.39 is 0 Å².